The first kappa shape index (κ1) is 10.4. The average molecular weight is 198 g/mol. The molecular weight excluding hydrogens is 176 g/mol. The molecule has 82 valence electrons. The fourth-order valence-electron chi connectivity index (χ4n) is 3.02. The molecule has 1 saturated heterocycles. The van der Waals surface area contributed by atoms with Crippen LogP contribution in [-0.4, -0.2) is 48.8 Å². The summed E-state index contributed by atoms with van der Waals surface area (Å²) in [7, 11) is 1.99. The number of fused-ring (bicyclic) bond motifs is 2. The summed E-state index contributed by atoms with van der Waals surface area (Å²) in [6, 6.07) is 1.33. The van der Waals surface area contributed by atoms with Crippen molar-refractivity contribution in [3.8, 4) is 0 Å². The smallest absolute Gasteiger partial charge is 0.0446 e. The quantitative estimate of drug-likeness (QED) is 0.673. The largest absolute Gasteiger partial charge is 0.396 e. The molecule has 2 fully saturated rings. The number of aliphatic hydroxyl groups excluding tert-OH is 1. The maximum atomic E-state index is 8.92. The first-order valence-electron chi connectivity index (χ1n) is 5.85. The minimum atomic E-state index is 0.299. The molecule has 2 rings (SSSR count). The SMILES string of the molecule is CNC(CCO)CN1CC2CCC1C2. The molecule has 1 aliphatic heterocycles. The highest BCUT2D eigenvalue weighted by atomic mass is 16.3. The molecule has 1 aliphatic carbocycles. The van der Waals surface area contributed by atoms with Gasteiger partial charge in [0.15, 0.2) is 0 Å². The van der Waals surface area contributed by atoms with E-state index < -0.39 is 0 Å². The van der Waals surface area contributed by atoms with Gasteiger partial charge < -0.3 is 10.4 Å². The van der Waals surface area contributed by atoms with Crippen LogP contribution in [0.4, 0.5) is 0 Å². The maximum Gasteiger partial charge on any atom is 0.0446 e. The highest BCUT2D eigenvalue weighted by molar-refractivity contribution is 4.93. The lowest BCUT2D eigenvalue weighted by Crippen LogP contribution is -2.43. The molecular formula is C11H22N2O. The summed E-state index contributed by atoms with van der Waals surface area (Å²) in [5.41, 5.74) is 0. The second-order valence-corrected chi connectivity index (χ2v) is 4.78. The van der Waals surface area contributed by atoms with Crippen molar-refractivity contribution in [3.05, 3.63) is 0 Å². The van der Waals surface area contributed by atoms with Gasteiger partial charge in [-0.15, -0.1) is 0 Å². The summed E-state index contributed by atoms with van der Waals surface area (Å²) in [6.45, 7) is 2.72. The molecule has 3 unspecified atom stereocenters. The van der Waals surface area contributed by atoms with Crippen molar-refractivity contribution in [2.75, 3.05) is 26.7 Å². The van der Waals surface area contributed by atoms with Gasteiger partial charge in [-0.1, -0.05) is 0 Å². The monoisotopic (exact) mass is 198 g/mol. The van der Waals surface area contributed by atoms with Gasteiger partial charge in [0.2, 0.25) is 0 Å². The fourth-order valence-corrected chi connectivity index (χ4v) is 3.02. The Hall–Kier alpha value is -0.120. The van der Waals surface area contributed by atoms with Crippen LogP contribution in [0.2, 0.25) is 0 Å². The number of likely N-dealkylation sites (N-methyl/N-ethyl adjacent to an activating group) is 1. The summed E-state index contributed by atoms with van der Waals surface area (Å²) in [5.74, 6) is 0.978. The van der Waals surface area contributed by atoms with Crippen LogP contribution in [0.5, 0.6) is 0 Å². The zero-order valence-electron chi connectivity index (χ0n) is 9.08. The standard InChI is InChI=1S/C11H22N2O/c1-12-10(4-5-14)8-13-7-9-2-3-11(13)6-9/h9-12,14H,2-8H2,1H3. The third kappa shape index (κ3) is 2.10. The van der Waals surface area contributed by atoms with Crippen molar-refractivity contribution in [3.63, 3.8) is 0 Å². The van der Waals surface area contributed by atoms with E-state index in [9.17, 15) is 0 Å². The number of nitrogens with one attached hydrogen (secondary N) is 1. The van der Waals surface area contributed by atoms with E-state index >= 15 is 0 Å². The van der Waals surface area contributed by atoms with E-state index in [4.69, 9.17) is 5.11 Å². The van der Waals surface area contributed by atoms with Crippen LogP contribution in [0.3, 0.4) is 0 Å². The number of likely N-dealkylation sites (tertiary alicyclic amines) is 1. The molecule has 3 heteroatoms. The van der Waals surface area contributed by atoms with Gasteiger partial charge in [-0.3, -0.25) is 4.90 Å². The molecule has 0 radical (unpaired) electrons. The molecule has 1 saturated carbocycles. The Labute approximate surface area is 86.5 Å². The van der Waals surface area contributed by atoms with Crippen molar-refractivity contribution in [2.24, 2.45) is 5.92 Å². The first-order chi connectivity index (χ1) is 6.83. The Bertz CT molecular complexity index is 186. The molecule has 2 N–H and O–H groups in total. The van der Waals surface area contributed by atoms with E-state index in [1.54, 1.807) is 0 Å². The Balaban J connectivity index is 1.79. The predicted octanol–water partition coefficient (Wildman–Crippen LogP) is 0.441. The summed E-state index contributed by atoms with van der Waals surface area (Å²) in [6.07, 6.45) is 5.16. The number of aliphatic hydroxyl groups is 1. The zero-order valence-corrected chi connectivity index (χ0v) is 9.08. The van der Waals surface area contributed by atoms with Crippen molar-refractivity contribution in [1.29, 1.82) is 0 Å². The van der Waals surface area contributed by atoms with E-state index in [1.807, 2.05) is 7.05 Å². The molecule has 0 aromatic carbocycles. The van der Waals surface area contributed by atoms with Crippen LogP contribution in [0.25, 0.3) is 0 Å². The predicted molar refractivity (Wildman–Crippen MR) is 57.3 cm³/mol. The lowest BCUT2D eigenvalue weighted by molar-refractivity contribution is 0.177. The third-order valence-corrected chi connectivity index (χ3v) is 3.86. The molecule has 14 heavy (non-hydrogen) atoms. The van der Waals surface area contributed by atoms with Crippen molar-refractivity contribution < 1.29 is 5.11 Å². The van der Waals surface area contributed by atoms with Gasteiger partial charge in [0.05, 0.1) is 0 Å². The summed E-state index contributed by atoms with van der Waals surface area (Å²) < 4.78 is 0. The maximum absolute atomic E-state index is 8.92. The number of hydrogen-bond donors (Lipinski definition) is 2. The molecule has 1 heterocycles. The van der Waals surface area contributed by atoms with Crippen molar-refractivity contribution in [1.82, 2.24) is 10.2 Å². The number of piperidine rings is 1. The van der Waals surface area contributed by atoms with Crippen LogP contribution in [-0.2, 0) is 0 Å². The zero-order chi connectivity index (χ0) is 9.97. The topological polar surface area (TPSA) is 35.5 Å². The van der Waals surface area contributed by atoms with Crippen molar-refractivity contribution >= 4 is 0 Å². The lowest BCUT2D eigenvalue weighted by atomic mass is 10.1. The molecule has 2 bridgehead atoms. The van der Waals surface area contributed by atoms with Crippen LogP contribution >= 0.6 is 0 Å². The number of hydrogen-bond acceptors (Lipinski definition) is 3. The molecule has 0 spiro atoms. The third-order valence-electron chi connectivity index (χ3n) is 3.86. The first-order valence-corrected chi connectivity index (χ1v) is 5.85. The molecule has 3 nitrogen and oxygen atoms in total. The normalized spacial score (nSPS) is 33.9. The summed E-state index contributed by atoms with van der Waals surface area (Å²) in [4.78, 5) is 2.62. The van der Waals surface area contributed by atoms with Crippen molar-refractivity contribution in [2.45, 2.75) is 37.8 Å². The molecule has 0 amide bonds. The summed E-state index contributed by atoms with van der Waals surface area (Å²) in [5, 5.41) is 12.2. The van der Waals surface area contributed by atoms with Crippen LogP contribution in [0.15, 0.2) is 0 Å². The van der Waals surface area contributed by atoms with Crippen LogP contribution in [0.1, 0.15) is 25.7 Å². The van der Waals surface area contributed by atoms with E-state index in [0.29, 0.717) is 12.6 Å². The number of rotatable bonds is 5. The average Bonchev–Trinajstić information content (AvgIpc) is 2.78. The van der Waals surface area contributed by atoms with Gasteiger partial charge >= 0.3 is 0 Å². The summed E-state index contributed by atoms with van der Waals surface area (Å²) >= 11 is 0. The van der Waals surface area contributed by atoms with Gasteiger partial charge in [-0.2, -0.15) is 0 Å². The Morgan fingerprint density at radius 2 is 2.36 bits per heavy atom. The number of nitrogens with zero attached hydrogens (tertiary/aromatic N) is 1. The van der Waals surface area contributed by atoms with Gasteiger partial charge in [-0.25, -0.2) is 0 Å². The van der Waals surface area contributed by atoms with E-state index in [-0.39, 0.29) is 0 Å². The molecule has 2 aliphatic rings. The highest BCUT2D eigenvalue weighted by Gasteiger charge is 2.37. The van der Waals surface area contributed by atoms with Crippen LogP contribution in [0, 0.1) is 5.92 Å². The van der Waals surface area contributed by atoms with Crippen LogP contribution < -0.4 is 5.32 Å². The Morgan fingerprint density at radius 1 is 1.50 bits per heavy atom. The minimum absolute atomic E-state index is 0.299. The van der Waals surface area contributed by atoms with E-state index in [2.05, 4.69) is 10.2 Å². The molecule has 3 atom stereocenters. The molecule has 0 aromatic heterocycles. The van der Waals surface area contributed by atoms with Gasteiger partial charge in [0.25, 0.3) is 0 Å². The highest BCUT2D eigenvalue weighted by Crippen LogP contribution is 2.37. The Kier molecular flexibility index (Phi) is 3.42. The Morgan fingerprint density at radius 3 is 2.86 bits per heavy atom. The fraction of sp³-hybridized carbons (Fsp3) is 1.00. The minimum Gasteiger partial charge on any atom is -0.396 e. The van der Waals surface area contributed by atoms with E-state index in [0.717, 1.165) is 24.9 Å². The van der Waals surface area contributed by atoms with Gasteiger partial charge in [0, 0.05) is 31.8 Å². The van der Waals surface area contributed by atoms with Gasteiger partial charge in [0.1, 0.15) is 0 Å². The second kappa shape index (κ2) is 4.60. The van der Waals surface area contributed by atoms with Gasteiger partial charge in [-0.05, 0) is 38.6 Å². The van der Waals surface area contributed by atoms with E-state index in [1.165, 1.54) is 25.8 Å². The second-order valence-electron chi connectivity index (χ2n) is 4.78. The molecule has 0 aromatic rings. The lowest BCUT2D eigenvalue weighted by Gasteiger charge is -2.30.